The SMILES string of the molecule is COC(=O)CCN(C)C(=O)Cc1cccc(C(F)(F)F)c1. The van der Waals surface area contributed by atoms with E-state index < -0.39 is 17.7 Å². The summed E-state index contributed by atoms with van der Waals surface area (Å²) < 4.78 is 42.1. The summed E-state index contributed by atoms with van der Waals surface area (Å²) in [6, 6.07) is 4.63. The number of carbonyl (C=O) groups is 2. The lowest BCUT2D eigenvalue weighted by Gasteiger charge is -2.17. The Labute approximate surface area is 120 Å². The number of carbonyl (C=O) groups excluding carboxylic acids is 2. The molecule has 0 radical (unpaired) electrons. The first-order chi connectivity index (χ1) is 9.74. The van der Waals surface area contributed by atoms with Crippen molar-refractivity contribution in [3.8, 4) is 0 Å². The Morgan fingerprint density at radius 1 is 1.29 bits per heavy atom. The highest BCUT2D eigenvalue weighted by atomic mass is 19.4. The maximum atomic E-state index is 12.6. The zero-order valence-electron chi connectivity index (χ0n) is 11.7. The molecule has 1 amide bonds. The molecule has 0 unspecified atom stereocenters. The molecule has 0 aromatic heterocycles. The van der Waals surface area contributed by atoms with E-state index >= 15 is 0 Å². The first-order valence-electron chi connectivity index (χ1n) is 6.21. The number of methoxy groups -OCH3 is 1. The zero-order valence-corrected chi connectivity index (χ0v) is 11.7. The molecule has 0 atom stereocenters. The molecule has 0 bridgehead atoms. The lowest BCUT2D eigenvalue weighted by atomic mass is 10.1. The molecule has 0 saturated carbocycles. The Bertz CT molecular complexity index is 514. The normalized spacial score (nSPS) is 11.1. The van der Waals surface area contributed by atoms with Crippen LogP contribution in [0, 0.1) is 0 Å². The van der Waals surface area contributed by atoms with Crippen LogP contribution in [-0.2, 0) is 26.9 Å². The highest BCUT2D eigenvalue weighted by molar-refractivity contribution is 5.79. The lowest BCUT2D eigenvalue weighted by Crippen LogP contribution is -2.30. The van der Waals surface area contributed by atoms with Crippen LogP contribution in [0.4, 0.5) is 13.2 Å². The van der Waals surface area contributed by atoms with Crippen LogP contribution in [0.2, 0.25) is 0 Å². The number of benzene rings is 1. The van der Waals surface area contributed by atoms with Crippen LogP contribution in [0.5, 0.6) is 0 Å². The number of ether oxygens (including phenoxy) is 1. The van der Waals surface area contributed by atoms with Crippen LogP contribution < -0.4 is 0 Å². The van der Waals surface area contributed by atoms with Crippen LogP contribution >= 0.6 is 0 Å². The molecule has 21 heavy (non-hydrogen) atoms. The molecule has 1 aromatic rings. The molecule has 1 rings (SSSR count). The molecule has 0 N–H and O–H groups in total. The molecule has 0 spiro atoms. The van der Waals surface area contributed by atoms with Crippen molar-refractivity contribution in [1.29, 1.82) is 0 Å². The molecular weight excluding hydrogens is 287 g/mol. The van der Waals surface area contributed by atoms with Gasteiger partial charge in [0.2, 0.25) is 5.91 Å². The summed E-state index contributed by atoms with van der Waals surface area (Å²) >= 11 is 0. The zero-order chi connectivity index (χ0) is 16.0. The molecule has 0 aliphatic rings. The van der Waals surface area contributed by atoms with E-state index in [0.717, 1.165) is 12.1 Å². The molecule has 0 fully saturated rings. The Morgan fingerprint density at radius 2 is 1.95 bits per heavy atom. The average Bonchev–Trinajstić information content (AvgIpc) is 2.43. The molecule has 0 saturated heterocycles. The average molecular weight is 303 g/mol. The fraction of sp³-hybridized carbons (Fsp3) is 0.429. The smallest absolute Gasteiger partial charge is 0.416 e. The number of rotatable bonds is 5. The van der Waals surface area contributed by atoms with E-state index in [1.807, 2.05) is 0 Å². The predicted molar refractivity (Wildman–Crippen MR) is 69.4 cm³/mol. The Kier molecular flexibility index (Phi) is 5.75. The van der Waals surface area contributed by atoms with Gasteiger partial charge in [-0.3, -0.25) is 9.59 Å². The van der Waals surface area contributed by atoms with Gasteiger partial charge in [-0.05, 0) is 11.6 Å². The number of nitrogens with zero attached hydrogens (tertiary/aromatic N) is 1. The van der Waals surface area contributed by atoms with Crippen molar-refractivity contribution in [2.75, 3.05) is 20.7 Å². The van der Waals surface area contributed by atoms with E-state index in [9.17, 15) is 22.8 Å². The van der Waals surface area contributed by atoms with Crippen LogP contribution in [-0.4, -0.2) is 37.5 Å². The predicted octanol–water partition coefficient (Wildman–Crippen LogP) is 2.27. The van der Waals surface area contributed by atoms with Gasteiger partial charge in [-0.25, -0.2) is 0 Å². The van der Waals surface area contributed by atoms with Gasteiger partial charge in [-0.1, -0.05) is 18.2 Å². The van der Waals surface area contributed by atoms with Gasteiger partial charge in [-0.2, -0.15) is 13.2 Å². The summed E-state index contributed by atoms with van der Waals surface area (Å²) in [5.74, 6) is -0.813. The van der Waals surface area contributed by atoms with E-state index in [1.165, 1.54) is 31.2 Å². The highest BCUT2D eigenvalue weighted by Crippen LogP contribution is 2.29. The van der Waals surface area contributed by atoms with E-state index in [1.54, 1.807) is 0 Å². The van der Waals surface area contributed by atoms with Gasteiger partial charge in [-0.15, -0.1) is 0 Å². The van der Waals surface area contributed by atoms with Crippen LogP contribution in [0.3, 0.4) is 0 Å². The van der Waals surface area contributed by atoms with Crippen LogP contribution in [0.15, 0.2) is 24.3 Å². The molecule has 0 heterocycles. The lowest BCUT2D eigenvalue weighted by molar-refractivity contribution is -0.141. The first-order valence-corrected chi connectivity index (χ1v) is 6.21. The van der Waals surface area contributed by atoms with Crippen molar-refractivity contribution in [2.24, 2.45) is 0 Å². The fourth-order valence-electron chi connectivity index (χ4n) is 1.65. The Hall–Kier alpha value is -2.05. The van der Waals surface area contributed by atoms with Gasteiger partial charge in [0.05, 0.1) is 25.5 Å². The van der Waals surface area contributed by atoms with Gasteiger partial charge in [0.15, 0.2) is 0 Å². The monoisotopic (exact) mass is 303 g/mol. The van der Waals surface area contributed by atoms with Gasteiger partial charge >= 0.3 is 12.1 Å². The van der Waals surface area contributed by atoms with Crippen molar-refractivity contribution < 1.29 is 27.5 Å². The molecule has 1 aromatic carbocycles. The summed E-state index contributed by atoms with van der Waals surface area (Å²) in [6.07, 6.45) is -4.54. The number of likely N-dealkylation sites (N-methyl/N-ethyl adjacent to an activating group) is 1. The topological polar surface area (TPSA) is 46.6 Å². The van der Waals surface area contributed by atoms with Gasteiger partial charge in [0.1, 0.15) is 0 Å². The number of hydrogen-bond acceptors (Lipinski definition) is 3. The minimum atomic E-state index is -4.43. The summed E-state index contributed by atoms with van der Waals surface area (Å²) in [5, 5.41) is 0. The Morgan fingerprint density at radius 3 is 2.52 bits per heavy atom. The summed E-state index contributed by atoms with van der Waals surface area (Å²) in [7, 11) is 2.73. The van der Waals surface area contributed by atoms with E-state index in [-0.39, 0.29) is 30.9 Å². The standard InChI is InChI=1S/C14H16F3NO3/c1-18(7-6-13(20)21-2)12(19)9-10-4-3-5-11(8-10)14(15,16)17/h3-5,8H,6-7,9H2,1-2H3. The third-order valence-electron chi connectivity index (χ3n) is 2.91. The van der Waals surface area contributed by atoms with Crippen molar-refractivity contribution in [3.63, 3.8) is 0 Å². The van der Waals surface area contributed by atoms with Crippen molar-refractivity contribution in [3.05, 3.63) is 35.4 Å². The van der Waals surface area contributed by atoms with Gasteiger partial charge in [0.25, 0.3) is 0 Å². The second-order valence-electron chi connectivity index (χ2n) is 4.52. The number of alkyl halides is 3. The first kappa shape index (κ1) is 17.0. The second-order valence-corrected chi connectivity index (χ2v) is 4.52. The molecule has 4 nitrogen and oxygen atoms in total. The van der Waals surface area contributed by atoms with Gasteiger partial charge < -0.3 is 9.64 Å². The largest absolute Gasteiger partial charge is 0.469 e. The van der Waals surface area contributed by atoms with E-state index in [4.69, 9.17) is 0 Å². The van der Waals surface area contributed by atoms with E-state index in [2.05, 4.69) is 4.74 Å². The number of esters is 1. The number of hydrogen-bond donors (Lipinski definition) is 0. The quantitative estimate of drug-likeness (QED) is 0.784. The highest BCUT2D eigenvalue weighted by Gasteiger charge is 2.30. The van der Waals surface area contributed by atoms with Crippen molar-refractivity contribution in [2.45, 2.75) is 19.0 Å². The van der Waals surface area contributed by atoms with E-state index in [0.29, 0.717) is 0 Å². The van der Waals surface area contributed by atoms with Crippen molar-refractivity contribution in [1.82, 2.24) is 4.90 Å². The van der Waals surface area contributed by atoms with Crippen molar-refractivity contribution >= 4 is 11.9 Å². The second kappa shape index (κ2) is 7.10. The molecule has 7 heteroatoms. The molecule has 116 valence electrons. The summed E-state index contributed by atoms with van der Waals surface area (Å²) in [6.45, 7) is 0.157. The summed E-state index contributed by atoms with van der Waals surface area (Å²) in [5.41, 5.74) is -0.509. The third kappa shape index (κ3) is 5.45. The summed E-state index contributed by atoms with van der Waals surface area (Å²) in [4.78, 5) is 24.1. The minimum absolute atomic E-state index is 0.0430. The maximum absolute atomic E-state index is 12.6. The molecular formula is C14H16F3NO3. The Balaban J connectivity index is 2.64. The molecule has 0 aliphatic heterocycles. The molecule has 0 aliphatic carbocycles. The number of halogens is 3. The van der Waals surface area contributed by atoms with Gasteiger partial charge in [0, 0.05) is 13.6 Å². The fourth-order valence-corrected chi connectivity index (χ4v) is 1.65. The van der Waals surface area contributed by atoms with Crippen LogP contribution in [0.25, 0.3) is 0 Å². The minimum Gasteiger partial charge on any atom is -0.469 e. The maximum Gasteiger partial charge on any atom is 0.416 e. The van der Waals surface area contributed by atoms with Crippen LogP contribution in [0.1, 0.15) is 17.5 Å². The number of amides is 1. The third-order valence-corrected chi connectivity index (χ3v) is 2.91.